The van der Waals surface area contributed by atoms with Gasteiger partial charge < -0.3 is 15.5 Å². The van der Waals surface area contributed by atoms with Crippen LogP contribution in [-0.2, 0) is 9.59 Å². The Morgan fingerprint density at radius 1 is 1.07 bits per heavy atom. The third-order valence-electron chi connectivity index (χ3n) is 5.44. The second-order valence-corrected chi connectivity index (χ2v) is 8.06. The van der Waals surface area contributed by atoms with E-state index in [2.05, 4.69) is 10.6 Å². The summed E-state index contributed by atoms with van der Waals surface area (Å²) in [7, 11) is 0. The molecule has 0 radical (unpaired) electrons. The molecule has 1 atom stereocenters. The van der Waals surface area contributed by atoms with Crippen molar-refractivity contribution in [2.75, 3.05) is 13.1 Å². The molecule has 152 valence electrons. The van der Waals surface area contributed by atoms with Crippen LogP contribution in [0.2, 0.25) is 0 Å². The molecule has 3 amide bonds. The van der Waals surface area contributed by atoms with Gasteiger partial charge in [0.05, 0.1) is 5.56 Å². The molecule has 1 saturated heterocycles. The second kappa shape index (κ2) is 8.71. The van der Waals surface area contributed by atoms with Crippen molar-refractivity contribution in [3.8, 4) is 0 Å². The molecule has 2 aliphatic rings. The van der Waals surface area contributed by atoms with Gasteiger partial charge in [-0.05, 0) is 43.7 Å². The first-order valence-electron chi connectivity index (χ1n) is 10.0. The van der Waals surface area contributed by atoms with Gasteiger partial charge in [-0.25, -0.2) is 4.39 Å². The van der Waals surface area contributed by atoms with Crippen LogP contribution in [0.3, 0.4) is 0 Å². The maximum absolute atomic E-state index is 13.9. The molecule has 2 N–H and O–H groups in total. The van der Waals surface area contributed by atoms with Crippen LogP contribution in [0.1, 0.15) is 49.9 Å². The molecule has 7 heteroatoms. The highest BCUT2D eigenvalue weighted by Crippen LogP contribution is 2.29. The standard InChI is InChI=1S/C21H28FN3O3/c1-13(2)18(24-20(27)16-5-3-4-6-17(16)22)21(28)25-11-9-15(10-12-25)23-19(26)14-7-8-14/h3-6,13-15,18H,7-12H2,1-2H3,(H,23,26)(H,24,27). The lowest BCUT2D eigenvalue weighted by Gasteiger charge is -2.35. The summed E-state index contributed by atoms with van der Waals surface area (Å²) in [6.45, 7) is 4.78. The Morgan fingerprint density at radius 3 is 2.29 bits per heavy atom. The van der Waals surface area contributed by atoms with Gasteiger partial charge in [0.2, 0.25) is 11.8 Å². The van der Waals surface area contributed by atoms with Crippen LogP contribution in [0, 0.1) is 17.7 Å². The van der Waals surface area contributed by atoms with E-state index in [-0.39, 0.29) is 35.3 Å². The normalized spacial score (nSPS) is 18.6. The number of nitrogens with one attached hydrogen (secondary N) is 2. The summed E-state index contributed by atoms with van der Waals surface area (Å²) in [6, 6.07) is 5.11. The molecule has 1 aromatic carbocycles. The van der Waals surface area contributed by atoms with E-state index in [0.29, 0.717) is 25.9 Å². The average Bonchev–Trinajstić information content (AvgIpc) is 3.51. The molecular weight excluding hydrogens is 361 g/mol. The van der Waals surface area contributed by atoms with Gasteiger partial charge in [0, 0.05) is 25.0 Å². The molecule has 0 bridgehead atoms. The van der Waals surface area contributed by atoms with Crippen molar-refractivity contribution in [2.24, 2.45) is 11.8 Å². The number of likely N-dealkylation sites (tertiary alicyclic amines) is 1. The van der Waals surface area contributed by atoms with Crippen LogP contribution in [-0.4, -0.2) is 47.8 Å². The number of carbonyl (C=O) groups is 3. The fraction of sp³-hybridized carbons (Fsp3) is 0.571. The van der Waals surface area contributed by atoms with E-state index < -0.39 is 17.8 Å². The molecule has 1 aliphatic heterocycles. The predicted molar refractivity (Wildman–Crippen MR) is 103 cm³/mol. The van der Waals surface area contributed by atoms with Crippen molar-refractivity contribution in [2.45, 2.75) is 51.6 Å². The first kappa shape index (κ1) is 20.3. The molecule has 1 aliphatic carbocycles. The number of hydrogen-bond acceptors (Lipinski definition) is 3. The van der Waals surface area contributed by atoms with Gasteiger partial charge in [0.1, 0.15) is 11.9 Å². The van der Waals surface area contributed by atoms with E-state index >= 15 is 0 Å². The topological polar surface area (TPSA) is 78.5 Å². The van der Waals surface area contributed by atoms with Crippen LogP contribution >= 0.6 is 0 Å². The highest BCUT2D eigenvalue weighted by atomic mass is 19.1. The summed E-state index contributed by atoms with van der Waals surface area (Å²) in [4.78, 5) is 39.0. The zero-order valence-corrected chi connectivity index (χ0v) is 16.4. The Bertz CT molecular complexity index is 740. The summed E-state index contributed by atoms with van der Waals surface area (Å²) < 4.78 is 13.9. The SMILES string of the molecule is CC(C)C(NC(=O)c1ccccc1F)C(=O)N1CCC(NC(=O)C2CC2)CC1. The van der Waals surface area contributed by atoms with Crippen molar-refractivity contribution in [3.05, 3.63) is 35.6 Å². The summed E-state index contributed by atoms with van der Waals surface area (Å²) in [5.74, 6) is -1.18. The van der Waals surface area contributed by atoms with Gasteiger partial charge in [-0.15, -0.1) is 0 Å². The first-order valence-corrected chi connectivity index (χ1v) is 10.0. The lowest BCUT2D eigenvalue weighted by atomic mass is 9.99. The number of rotatable bonds is 6. The van der Waals surface area contributed by atoms with Crippen LogP contribution in [0.25, 0.3) is 0 Å². The fourth-order valence-corrected chi connectivity index (χ4v) is 3.48. The Balaban J connectivity index is 1.56. The molecule has 0 aromatic heterocycles. The van der Waals surface area contributed by atoms with E-state index in [1.807, 2.05) is 13.8 Å². The van der Waals surface area contributed by atoms with Gasteiger partial charge in [0.25, 0.3) is 5.91 Å². The highest BCUT2D eigenvalue weighted by Gasteiger charge is 2.34. The molecule has 1 unspecified atom stereocenters. The largest absolute Gasteiger partial charge is 0.353 e. The quantitative estimate of drug-likeness (QED) is 0.782. The third kappa shape index (κ3) is 4.88. The fourth-order valence-electron chi connectivity index (χ4n) is 3.48. The monoisotopic (exact) mass is 389 g/mol. The maximum atomic E-state index is 13.9. The van der Waals surface area contributed by atoms with E-state index in [4.69, 9.17) is 0 Å². The molecule has 2 fully saturated rings. The van der Waals surface area contributed by atoms with Gasteiger partial charge in [-0.1, -0.05) is 26.0 Å². The summed E-state index contributed by atoms with van der Waals surface area (Å²) in [5, 5.41) is 5.76. The Hall–Kier alpha value is -2.44. The van der Waals surface area contributed by atoms with E-state index in [1.54, 1.807) is 11.0 Å². The van der Waals surface area contributed by atoms with Crippen LogP contribution in [0.4, 0.5) is 4.39 Å². The van der Waals surface area contributed by atoms with Gasteiger partial charge in [-0.2, -0.15) is 0 Å². The summed E-state index contributed by atoms with van der Waals surface area (Å²) in [6.07, 6.45) is 3.36. The van der Waals surface area contributed by atoms with Crippen molar-refractivity contribution >= 4 is 17.7 Å². The zero-order chi connectivity index (χ0) is 20.3. The number of nitrogens with zero attached hydrogens (tertiary/aromatic N) is 1. The minimum atomic E-state index is -0.718. The Morgan fingerprint density at radius 2 is 1.71 bits per heavy atom. The zero-order valence-electron chi connectivity index (χ0n) is 16.4. The molecule has 1 saturated carbocycles. The number of hydrogen-bond donors (Lipinski definition) is 2. The van der Waals surface area contributed by atoms with Crippen molar-refractivity contribution in [3.63, 3.8) is 0 Å². The van der Waals surface area contributed by atoms with Gasteiger partial charge in [0.15, 0.2) is 0 Å². The molecule has 6 nitrogen and oxygen atoms in total. The summed E-state index contributed by atoms with van der Waals surface area (Å²) >= 11 is 0. The van der Waals surface area contributed by atoms with Crippen molar-refractivity contribution in [1.82, 2.24) is 15.5 Å². The van der Waals surface area contributed by atoms with Crippen molar-refractivity contribution < 1.29 is 18.8 Å². The average molecular weight is 389 g/mol. The van der Waals surface area contributed by atoms with Gasteiger partial charge >= 0.3 is 0 Å². The first-order chi connectivity index (χ1) is 13.4. The van der Waals surface area contributed by atoms with Crippen LogP contribution < -0.4 is 10.6 Å². The highest BCUT2D eigenvalue weighted by molar-refractivity contribution is 5.97. The minimum Gasteiger partial charge on any atom is -0.353 e. The number of piperidine rings is 1. The molecule has 0 spiro atoms. The lowest BCUT2D eigenvalue weighted by molar-refractivity contribution is -0.135. The van der Waals surface area contributed by atoms with E-state index in [9.17, 15) is 18.8 Å². The van der Waals surface area contributed by atoms with Crippen molar-refractivity contribution in [1.29, 1.82) is 0 Å². The molecule has 28 heavy (non-hydrogen) atoms. The summed E-state index contributed by atoms with van der Waals surface area (Å²) in [5.41, 5.74) is -0.0672. The number of benzene rings is 1. The van der Waals surface area contributed by atoms with Crippen LogP contribution in [0.15, 0.2) is 24.3 Å². The Kier molecular flexibility index (Phi) is 6.31. The number of carbonyl (C=O) groups excluding carboxylic acids is 3. The molecule has 1 heterocycles. The smallest absolute Gasteiger partial charge is 0.254 e. The lowest BCUT2D eigenvalue weighted by Crippen LogP contribution is -2.54. The number of halogens is 1. The molecule has 3 rings (SSSR count). The maximum Gasteiger partial charge on any atom is 0.254 e. The van der Waals surface area contributed by atoms with E-state index in [1.165, 1.54) is 18.2 Å². The predicted octanol–water partition coefficient (Wildman–Crippen LogP) is 2.10. The Labute approximate surface area is 164 Å². The van der Waals surface area contributed by atoms with Gasteiger partial charge in [-0.3, -0.25) is 14.4 Å². The molecule has 1 aromatic rings. The van der Waals surface area contributed by atoms with E-state index in [0.717, 1.165) is 12.8 Å². The van der Waals surface area contributed by atoms with Crippen LogP contribution in [0.5, 0.6) is 0 Å². The molecular formula is C21H28FN3O3. The minimum absolute atomic E-state index is 0.0672. The third-order valence-corrected chi connectivity index (χ3v) is 5.44. The number of amides is 3. The second-order valence-electron chi connectivity index (χ2n) is 8.06.